The lowest BCUT2D eigenvalue weighted by Gasteiger charge is -2.27. The predicted octanol–water partition coefficient (Wildman–Crippen LogP) is 0.592. The molecule has 132 valence electrons. The smallest absolute Gasteiger partial charge is 0.346 e. The lowest BCUT2D eigenvalue weighted by molar-refractivity contribution is 0.171. The maximum atomic E-state index is 12.5. The summed E-state index contributed by atoms with van der Waals surface area (Å²) in [5, 5.41) is 4.22. The van der Waals surface area contributed by atoms with Gasteiger partial charge in [-0.3, -0.25) is 9.36 Å². The van der Waals surface area contributed by atoms with Crippen molar-refractivity contribution in [1.29, 1.82) is 0 Å². The summed E-state index contributed by atoms with van der Waals surface area (Å²) in [4.78, 5) is 26.4. The Hall–Kier alpha value is -2.77. The summed E-state index contributed by atoms with van der Waals surface area (Å²) < 4.78 is 13.5. The van der Waals surface area contributed by atoms with E-state index in [1.54, 1.807) is 7.05 Å². The number of benzene rings is 1. The predicted molar refractivity (Wildman–Crippen MR) is 91.5 cm³/mol. The Balaban J connectivity index is 1.75. The van der Waals surface area contributed by atoms with Gasteiger partial charge >= 0.3 is 5.69 Å². The van der Waals surface area contributed by atoms with Crippen molar-refractivity contribution in [2.45, 2.75) is 18.9 Å². The molecular formula is C17H20N4O4. The second-order valence-corrected chi connectivity index (χ2v) is 6.35. The molecule has 0 saturated carbocycles. The molecule has 1 fully saturated rings. The maximum absolute atomic E-state index is 12.5. The number of rotatable bonds is 2. The monoisotopic (exact) mass is 344 g/mol. The van der Waals surface area contributed by atoms with E-state index in [2.05, 4.69) is 5.10 Å². The van der Waals surface area contributed by atoms with E-state index in [0.717, 1.165) is 41.0 Å². The topological polar surface area (TPSA) is 78.6 Å². The zero-order chi connectivity index (χ0) is 17.6. The summed E-state index contributed by atoms with van der Waals surface area (Å²) >= 11 is 0. The molecule has 0 N–H and O–H groups in total. The van der Waals surface area contributed by atoms with Crippen LogP contribution in [0.4, 0.5) is 5.82 Å². The molecule has 4 rings (SSSR count). The maximum Gasteiger partial charge on any atom is 0.346 e. The van der Waals surface area contributed by atoms with Crippen LogP contribution in [0.1, 0.15) is 24.4 Å². The average Bonchev–Trinajstić information content (AvgIpc) is 3.12. The van der Waals surface area contributed by atoms with E-state index in [0.29, 0.717) is 19.0 Å². The largest absolute Gasteiger partial charge is 0.486 e. The third-order valence-corrected chi connectivity index (χ3v) is 4.78. The van der Waals surface area contributed by atoms with Crippen LogP contribution in [0.2, 0.25) is 0 Å². The normalized spacial score (nSPS) is 19.3. The van der Waals surface area contributed by atoms with Gasteiger partial charge in [0.1, 0.15) is 13.2 Å². The Kier molecular flexibility index (Phi) is 3.74. The zero-order valence-electron chi connectivity index (χ0n) is 14.3. The minimum atomic E-state index is -0.427. The van der Waals surface area contributed by atoms with Gasteiger partial charge in [-0.1, -0.05) is 6.07 Å². The van der Waals surface area contributed by atoms with Crippen molar-refractivity contribution >= 4 is 5.82 Å². The van der Waals surface area contributed by atoms with Crippen molar-refractivity contribution in [3.8, 4) is 11.5 Å². The van der Waals surface area contributed by atoms with E-state index in [1.807, 2.05) is 23.1 Å². The van der Waals surface area contributed by atoms with Gasteiger partial charge in [0.15, 0.2) is 11.5 Å². The van der Waals surface area contributed by atoms with E-state index >= 15 is 0 Å². The number of hydrogen-bond acceptors (Lipinski definition) is 6. The molecule has 1 atom stereocenters. The van der Waals surface area contributed by atoms with Crippen LogP contribution in [-0.4, -0.2) is 34.1 Å². The van der Waals surface area contributed by atoms with Gasteiger partial charge in [0.25, 0.3) is 5.56 Å². The minimum Gasteiger partial charge on any atom is -0.486 e. The first-order valence-electron chi connectivity index (χ1n) is 8.37. The molecule has 0 amide bonds. The number of fused-ring (bicyclic) bond motifs is 1. The fraction of sp³-hybridized carbons (Fsp3) is 0.471. The van der Waals surface area contributed by atoms with Crippen LogP contribution in [0.15, 0.2) is 27.8 Å². The van der Waals surface area contributed by atoms with Crippen LogP contribution in [-0.2, 0) is 14.1 Å². The van der Waals surface area contributed by atoms with Crippen LogP contribution < -0.4 is 25.6 Å². The van der Waals surface area contributed by atoms with Gasteiger partial charge in [0, 0.05) is 20.6 Å². The fourth-order valence-electron chi connectivity index (χ4n) is 3.50. The lowest BCUT2D eigenvalue weighted by atomic mass is 10.0. The fourth-order valence-corrected chi connectivity index (χ4v) is 3.50. The first kappa shape index (κ1) is 15.7. The number of hydrogen-bond donors (Lipinski definition) is 0. The first-order valence-corrected chi connectivity index (χ1v) is 8.37. The summed E-state index contributed by atoms with van der Waals surface area (Å²) in [6.45, 7) is 1.81. The number of nitrogens with zero attached hydrogens (tertiary/aromatic N) is 4. The Morgan fingerprint density at radius 1 is 1.12 bits per heavy atom. The molecule has 3 heterocycles. The number of aromatic nitrogens is 3. The molecule has 2 aliphatic heterocycles. The second-order valence-electron chi connectivity index (χ2n) is 6.35. The molecule has 0 spiro atoms. The van der Waals surface area contributed by atoms with Gasteiger partial charge in [0.2, 0.25) is 5.82 Å². The SMILES string of the molecule is Cn1nc(N2CCCC2c2ccc3c(c2)OCCO3)c(=O)n(C)c1=O. The Morgan fingerprint density at radius 3 is 2.68 bits per heavy atom. The van der Waals surface area contributed by atoms with Crippen LogP contribution in [0.25, 0.3) is 0 Å². The highest BCUT2D eigenvalue weighted by Gasteiger charge is 2.31. The van der Waals surface area contributed by atoms with E-state index in [4.69, 9.17) is 9.47 Å². The van der Waals surface area contributed by atoms with Crippen LogP contribution in [0, 0.1) is 0 Å². The van der Waals surface area contributed by atoms with E-state index in [9.17, 15) is 9.59 Å². The molecule has 25 heavy (non-hydrogen) atoms. The third kappa shape index (κ3) is 2.57. The molecule has 1 aromatic carbocycles. The summed E-state index contributed by atoms with van der Waals surface area (Å²) in [5.74, 6) is 1.79. The third-order valence-electron chi connectivity index (χ3n) is 4.78. The molecular weight excluding hydrogens is 324 g/mol. The lowest BCUT2D eigenvalue weighted by Crippen LogP contribution is -2.43. The van der Waals surface area contributed by atoms with Crippen molar-refractivity contribution < 1.29 is 9.47 Å². The standard InChI is InChI=1S/C17H20N4O4/c1-19-16(22)15(18-20(2)17(19)23)21-7-3-4-12(21)11-5-6-13-14(10-11)25-9-8-24-13/h5-6,10,12H,3-4,7-9H2,1-2H3. The number of ether oxygens (including phenoxy) is 2. The molecule has 0 aliphatic carbocycles. The average molecular weight is 344 g/mol. The molecule has 8 nitrogen and oxygen atoms in total. The van der Waals surface area contributed by atoms with Gasteiger partial charge in [0.05, 0.1) is 6.04 Å². The van der Waals surface area contributed by atoms with E-state index in [1.165, 1.54) is 11.7 Å². The summed E-state index contributed by atoms with van der Waals surface area (Å²) in [6, 6.07) is 5.91. The Morgan fingerprint density at radius 2 is 1.88 bits per heavy atom. The molecule has 1 saturated heterocycles. The van der Waals surface area contributed by atoms with Gasteiger partial charge < -0.3 is 14.4 Å². The van der Waals surface area contributed by atoms with Crippen molar-refractivity contribution in [2.75, 3.05) is 24.7 Å². The second kappa shape index (κ2) is 5.94. The van der Waals surface area contributed by atoms with Crippen LogP contribution in [0.5, 0.6) is 11.5 Å². The molecule has 8 heteroatoms. The molecule has 2 aliphatic rings. The van der Waals surface area contributed by atoms with Gasteiger partial charge in [-0.05, 0) is 30.5 Å². The number of aryl methyl sites for hydroxylation is 1. The quantitative estimate of drug-likeness (QED) is 0.793. The van der Waals surface area contributed by atoms with E-state index in [-0.39, 0.29) is 11.6 Å². The Labute approximate surface area is 144 Å². The van der Waals surface area contributed by atoms with Gasteiger partial charge in [-0.15, -0.1) is 5.10 Å². The number of anilines is 1. The molecule has 0 radical (unpaired) electrons. The minimum absolute atomic E-state index is 0.0218. The molecule has 2 aromatic rings. The molecule has 0 bridgehead atoms. The van der Waals surface area contributed by atoms with Gasteiger partial charge in [-0.25, -0.2) is 9.48 Å². The molecule has 1 aromatic heterocycles. The molecule has 1 unspecified atom stereocenters. The summed E-state index contributed by atoms with van der Waals surface area (Å²) in [5.41, 5.74) is 0.260. The zero-order valence-corrected chi connectivity index (χ0v) is 14.3. The first-order chi connectivity index (χ1) is 12.1. The highest BCUT2D eigenvalue weighted by Crippen LogP contribution is 2.38. The highest BCUT2D eigenvalue weighted by molar-refractivity contribution is 5.48. The Bertz CT molecular complexity index is 933. The van der Waals surface area contributed by atoms with Crippen LogP contribution >= 0.6 is 0 Å². The van der Waals surface area contributed by atoms with Crippen molar-refractivity contribution in [1.82, 2.24) is 14.3 Å². The van der Waals surface area contributed by atoms with Crippen LogP contribution in [0.3, 0.4) is 0 Å². The van der Waals surface area contributed by atoms with E-state index < -0.39 is 5.69 Å². The van der Waals surface area contributed by atoms with Crippen molar-refractivity contribution in [3.63, 3.8) is 0 Å². The summed E-state index contributed by atoms with van der Waals surface area (Å²) in [7, 11) is 3.03. The highest BCUT2D eigenvalue weighted by atomic mass is 16.6. The van der Waals surface area contributed by atoms with Gasteiger partial charge in [-0.2, -0.15) is 0 Å². The van der Waals surface area contributed by atoms with Crippen molar-refractivity contribution in [2.24, 2.45) is 14.1 Å². The van der Waals surface area contributed by atoms with Crippen molar-refractivity contribution in [3.05, 3.63) is 44.6 Å². The summed E-state index contributed by atoms with van der Waals surface area (Å²) in [6.07, 6.45) is 1.86.